The number of carboxylic acid groups (broad SMARTS) is 1. The van der Waals surface area contributed by atoms with E-state index < -0.39 is 25.8 Å². The standard InChI is InChI=1S/C11H16NO7P/c1-19-9-3-6(5-20(16,17)18)2-7(10(9)13)4-8(12)11(14)15/h2-3,8,13H,4-5,12H2,1H3,(H,14,15)(H2,16,17,18)/t8-/m0/s1. The molecule has 0 aliphatic carbocycles. The van der Waals surface area contributed by atoms with E-state index in [1.165, 1.54) is 19.2 Å². The Hall–Kier alpha value is -1.60. The number of carboxylic acids is 1. The van der Waals surface area contributed by atoms with E-state index in [0.29, 0.717) is 0 Å². The third kappa shape index (κ3) is 4.50. The smallest absolute Gasteiger partial charge is 0.329 e. The fourth-order valence-corrected chi connectivity index (χ4v) is 2.35. The largest absolute Gasteiger partial charge is 0.504 e. The van der Waals surface area contributed by atoms with Crippen LogP contribution in [0.2, 0.25) is 0 Å². The molecule has 0 spiro atoms. The number of carbonyl (C=O) groups is 1. The Kier molecular flexibility index (Phi) is 5.13. The van der Waals surface area contributed by atoms with Crippen molar-refractivity contribution >= 4 is 13.6 Å². The maximum atomic E-state index is 11.0. The van der Waals surface area contributed by atoms with Gasteiger partial charge in [-0.2, -0.15) is 0 Å². The number of aromatic hydroxyl groups is 1. The second-order valence-electron chi connectivity index (χ2n) is 4.28. The molecule has 9 heteroatoms. The van der Waals surface area contributed by atoms with Crippen LogP contribution in [0.15, 0.2) is 12.1 Å². The lowest BCUT2D eigenvalue weighted by molar-refractivity contribution is -0.138. The Labute approximate surface area is 115 Å². The van der Waals surface area contributed by atoms with Gasteiger partial charge < -0.3 is 30.5 Å². The van der Waals surface area contributed by atoms with E-state index in [4.69, 9.17) is 25.4 Å². The zero-order chi connectivity index (χ0) is 15.5. The van der Waals surface area contributed by atoms with Crippen molar-refractivity contribution in [3.05, 3.63) is 23.3 Å². The fourth-order valence-electron chi connectivity index (χ4n) is 1.69. The van der Waals surface area contributed by atoms with Gasteiger partial charge in [-0.15, -0.1) is 0 Å². The highest BCUT2D eigenvalue weighted by molar-refractivity contribution is 7.50. The lowest BCUT2D eigenvalue weighted by Crippen LogP contribution is -2.32. The first-order valence-corrected chi connectivity index (χ1v) is 7.35. The van der Waals surface area contributed by atoms with Crippen LogP contribution in [0.4, 0.5) is 0 Å². The second kappa shape index (κ2) is 6.23. The number of hydrogen-bond donors (Lipinski definition) is 5. The predicted octanol–water partition coefficient (Wildman–Crippen LogP) is 0.0329. The topological polar surface area (TPSA) is 150 Å². The maximum Gasteiger partial charge on any atom is 0.329 e. The quantitative estimate of drug-likeness (QED) is 0.462. The monoisotopic (exact) mass is 305 g/mol. The summed E-state index contributed by atoms with van der Waals surface area (Å²) >= 11 is 0. The molecule has 0 amide bonds. The molecule has 1 atom stereocenters. The van der Waals surface area contributed by atoms with Gasteiger partial charge in [0.15, 0.2) is 11.5 Å². The normalized spacial score (nSPS) is 13.0. The maximum absolute atomic E-state index is 11.0. The molecule has 0 aliphatic heterocycles. The molecule has 0 saturated carbocycles. The van der Waals surface area contributed by atoms with Crippen LogP contribution in [-0.4, -0.2) is 39.1 Å². The van der Waals surface area contributed by atoms with Crippen molar-refractivity contribution in [2.45, 2.75) is 18.6 Å². The number of phenols is 1. The van der Waals surface area contributed by atoms with Crippen LogP contribution in [0.5, 0.6) is 11.5 Å². The summed E-state index contributed by atoms with van der Waals surface area (Å²) < 4.78 is 15.9. The number of rotatable bonds is 6. The van der Waals surface area contributed by atoms with Crippen LogP contribution < -0.4 is 10.5 Å². The molecule has 0 bridgehead atoms. The van der Waals surface area contributed by atoms with Gasteiger partial charge in [-0.05, 0) is 11.6 Å². The zero-order valence-corrected chi connectivity index (χ0v) is 11.6. The first-order valence-electron chi connectivity index (χ1n) is 5.55. The van der Waals surface area contributed by atoms with Gasteiger partial charge in [-0.25, -0.2) is 0 Å². The fraction of sp³-hybridized carbons (Fsp3) is 0.364. The Balaban J connectivity index is 3.18. The Morgan fingerprint density at radius 1 is 1.45 bits per heavy atom. The number of benzene rings is 1. The average molecular weight is 305 g/mol. The van der Waals surface area contributed by atoms with Gasteiger partial charge in [0.1, 0.15) is 6.04 Å². The lowest BCUT2D eigenvalue weighted by Gasteiger charge is -2.14. The number of hydrogen-bond acceptors (Lipinski definition) is 5. The second-order valence-corrected chi connectivity index (χ2v) is 5.92. The third-order valence-corrected chi connectivity index (χ3v) is 3.36. The SMILES string of the molecule is COc1cc(CP(=O)(O)O)cc(C[C@H](N)C(=O)O)c1O. The van der Waals surface area contributed by atoms with E-state index in [0.717, 1.165) is 0 Å². The summed E-state index contributed by atoms with van der Waals surface area (Å²) in [6.45, 7) is 0. The van der Waals surface area contributed by atoms with Crippen molar-refractivity contribution in [3.63, 3.8) is 0 Å². The molecule has 1 aromatic carbocycles. The third-order valence-electron chi connectivity index (χ3n) is 2.58. The van der Waals surface area contributed by atoms with Gasteiger partial charge in [0, 0.05) is 12.0 Å². The van der Waals surface area contributed by atoms with Gasteiger partial charge in [0.2, 0.25) is 0 Å². The summed E-state index contributed by atoms with van der Waals surface area (Å²) in [6, 6.07) is 1.35. The minimum absolute atomic E-state index is 0.00328. The molecule has 0 heterocycles. The summed E-state index contributed by atoms with van der Waals surface area (Å²) in [4.78, 5) is 28.6. The molecule has 0 saturated heterocycles. The molecule has 0 fully saturated rings. The number of ether oxygens (including phenoxy) is 1. The van der Waals surface area contributed by atoms with Crippen molar-refractivity contribution < 1.29 is 34.1 Å². The first kappa shape index (κ1) is 16.5. The van der Waals surface area contributed by atoms with Gasteiger partial charge in [0.05, 0.1) is 13.3 Å². The Morgan fingerprint density at radius 2 is 2.05 bits per heavy atom. The van der Waals surface area contributed by atoms with Gasteiger partial charge >= 0.3 is 13.6 Å². The van der Waals surface area contributed by atoms with Crippen LogP contribution in [0.25, 0.3) is 0 Å². The highest BCUT2D eigenvalue weighted by atomic mass is 31.2. The van der Waals surface area contributed by atoms with Crippen LogP contribution in [0, 0.1) is 0 Å². The highest BCUT2D eigenvalue weighted by Crippen LogP contribution is 2.42. The predicted molar refractivity (Wildman–Crippen MR) is 69.7 cm³/mol. The van der Waals surface area contributed by atoms with Crippen LogP contribution in [0.1, 0.15) is 11.1 Å². The number of nitrogens with two attached hydrogens (primary N) is 1. The summed E-state index contributed by atoms with van der Waals surface area (Å²) in [5.74, 6) is -1.54. The van der Waals surface area contributed by atoms with E-state index in [1.54, 1.807) is 0 Å². The molecule has 0 radical (unpaired) electrons. The van der Waals surface area contributed by atoms with Gasteiger partial charge in [0.25, 0.3) is 0 Å². The van der Waals surface area contributed by atoms with E-state index in [9.17, 15) is 14.5 Å². The van der Waals surface area contributed by atoms with Crippen LogP contribution in [-0.2, 0) is 21.9 Å². The van der Waals surface area contributed by atoms with E-state index in [-0.39, 0.29) is 29.0 Å². The van der Waals surface area contributed by atoms with Crippen molar-refractivity contribution in [2.24, 2.45) is 5.73 Å². The average Bonchev–Trinajstić information content (AvgIpc) is 2.30. The van der Waals surface area contributed by atoms with Crippen molar-refractivity contribution in [1.29, 1.82) is 0 Å². The number of methoxy groups -OCH3 is 1. The molecular formula is C11H16NO7P. The molecule has 1 rings (SSSR count). The Morgan fingerprint density at radius 3 is 2.50 bits per heavy atom. The van der Waals surface area contributed by atoms with Crippen LogP contribution in [0.3, 0.4) is 0 Å². The molecule has 0 unspecified atom stereocenters. The summed E-state index contributed by atoms with van der Waals surface area (Å²) in [5, 5.41) is 18.6. The molecule has 6 N–H and O–H groups in total. The summed E-state index contributed by atoms with van der Waals surface area (Å²) in [7, 11) is -3.02. The molecule has 112 valence electrons. The molecule has 8 nitrogen and oxygen atoms in total. The molecule has 1 aromatic rings. The lowest BCUT2D eigenvalue weighted by atomic mass is 10.0. The minimum atomic E-state index is -4.29. The first-order chi connectivity index (χ1) is 9.14. The zero-order valence-electron chi connectivity index (χ0n) is 10.7. The van der Waals surface area contributed by atoms with E-state index >= 15 is 0 Å². The van der Waals surface area contributed by atoms with E-state index in [2.05, 4.69) is 0 Å². The molecular weight excluding hydrogens is 289 g/mol. The van der Waals surface area contributed by atoms with Crippen molar-refractivity contribution in [3.8, 4) is 11.5 Å². The molecule has 0 aliphatic rings. The Bertz CT molecular complexity index is 554. The van der Waals surface area contributed by atoms with Gasteiger partial charge in [-0.1, -0.05) is 6.07 Å². The van der Waals surface area contributed by atoms with Crippen molar-refractivity contribution in [1.82, 2.24) is 0 Å². The van der Waals surface area contributed by atoms with Gasteiger partial charge in [-0.3, -0.25) is 9.36 Å². The van der Waals surface area contributed by atoms with Crippen molar-refractivity contribution in [2.75, 3.05) is 7.11 Å². The van der Waals surface area contributed by atoms with E-state index in [1.807, 2.05) is 0 Å². The summed E-state index contributed by atoms with van der Waals surface area (Å²) in [5.41, 5.74) is 5.76. The molecule has 0 aromatic heterocycles. The van der Waals surface area contributed by atoms with Crippen LogP contribution >= 0.6 is 7.60 Å². The summed E-state index contributed by atoms with van der Waals surface area (Å²) in [6.07, 6.45) is -0.731. The number of phenolic OH excluding ortho intramolecular Hbond substituents is 1. The minimum Gasteiger partial charge on any atom is -0.504 e. The highest BCUT2D eigenvalue weighted by Gasteiger charge is 2.21. The number of aliphatic carboxylic acids is 1. The molecule has 20 heavy (non-hydrogen) atoms.